The first-order valence-corrected chi connectivity index (χ1v) is 13.5. The lowest BCUT2D eigenvalue weighted by molar-refractivity contribution is -0.142. The number of nitrogens with one attached hydrogen (secondary N) is 4. The van der Waals surface area contributed by atoms with E-state index < -0.39 is 53.4 Å². The highest BCUT2D eigenvalue weighted by Gasteiger charge is 2.27. The van der Waals surface area contributed by atoms with Gasteiger partial charge >= 0.3 is 24.2 Å². The zero-order chi connectivity index (χ0) is 31.1. The largest absolute Gasteiger partial charge is 0.480 e. The van der Waals surface area contributed by atoms with Crippen LogP contribution in [0.3, 0.4) is 0 Å². The van der Waals surface area contributed by atoms with Crippen molar-refractivity contribution in [2.24, 2.45) is 0 Å². The second-order valence-corrected chi connectivity index (χ2v) is 11.3. The van der Waals surface area contributed by atoms with Gasteiger partial charge in [-0.25, -0.2) is 19.2 Å². The van der Waals surface area contributed by atoms with Gasteiger partial charge in [0.1, 0.15) is 29.9 Å². The molecule has 0 bridgehead atoms. The van der Waals surface area contributed by atoms with E-state index in [1.54, 1.807) is 65.8 Å². The van der Waals surface area contributed by atoms with Crippen LogP contribution in [0.25, 0.3) is 0 Å². The summed E-state index contributed by atoms with van der Waals surface area (Å²) < 4.78 is 15.5. The second kappa shape index (κ2) is 16.9. The third-order valence-electron chi connectivity index (χ3n) is 5.11. The minimum absolute atomic E-state index is 0.0161. The lowest BCUT2D eigenvalue weighted by atomic mass is 10.1. The number of ether oxygens (including phenoxy) is 3. The molecule has 2 atom stereocenters. The third kappa shape index (κ3) is 17.3. The maximum atomic E-state index is 13.0. The van der Waals surface area contributed by atoms with Crippen molar-refractivity contribution < 1.29 is 43.3 Å². The molecule has 0 aromatic heterocycles. The standard InChI is InChI=1S/C28H44N4O9/c1-27(2,3)40-24(36)29-16-10-14-20(32-26(38)39-18-19-12-8-7-9-13-19)22(33)31-21(23(34)35)15-11-17-30-25(37)41-28(4,5)6/h7-9,12-13,20-21H,10-11,14-18H2,1-6H3,(H,29,36)(H,30,37)(H,31,33)(H,32,38)(H,34,35)/t20-,21-/m0/s1. The van der Waals surface area contributed by atoms with Crippen LogP contribution in [-0.4, -0.2) is 71.6 Å². The normalized spacial score (nSPS) is 12.7. The Morgan fingerprint density at radius 1 is 0.732 bits per heavy atom. The predicted octanol–water partition coefficient (Wildman–Crippen LogP) is 3.46. The number of amides is 4. The van der Waals surface area contributed by atoms with Crippen molar-refractivity contribution in [2.45, 2.75) is 97.1 Å². The molecule has 41 heavy (non-hydrogen) atoms. The number of carboxylic acids is 1. The van der Waals surface area contributed by atoms with Gasteiger partial charge in [0, 0.05) is 13.1 Å². The lowest BCUT2D eigenvalue weighted by Gasteiger charge is -2.22. The fourth-order valence-corrected chi connectivity index (χ4v) is 3.33. The van der Waals surface area contributed by atoms with Gasteiger partial charge in [0.15, 0.2) is 0 Å². The fourth-order valence-electron chi connectivity index (χ4n) is 3.33. The minimum atomic E-state index is -1.27. The Morgan fingerprint density at radius 2 is 1.22 bits per heavy atom. The first kappa shape index (κ1) is 35.0. The summed E-state index contributed by atoms with van der Waals surface area (Å²) in [5.74, 6) is -2.00. The first-order chi connectivity index (χ1) is 19.1. The van der Waals surface area contributed by atoms with Crippen molar-refractivity contribution in [3.63, 3.8) is 0 Å². The number of carboxylic acid groups (broad SMARTS) is 1. The Bertz CT molecular complexity index is 1000. The van der Waals surface area contributed by atoms with Crippen molar-refractivity contribution in [3.8, 4) is 0 Å². The van der Waals surface area contributed by atoms with Crippen LogP contribution in [0.2, 0.25) is 0 Å². The van der Waals surface area contributed by atoms with Gasteiger partial charge in [-0.1, -0.05) is 30.3 Å². The van der Waals surface area contributed by atoms with Crippen molar-refractivity contribution >= 4 is 30.2 Å². The summed E-state index contributed by atoms with van der Waals surface area (Å²) in [6, 6.07) is 6.54. The SMILES string of the molecule is CC(C)(C)OC(=O)NCCC[C@H](NC(=O)[C@H](CCCNC(=O)OC(C)(C)C)NC(=O)OCc1ccccc1)C(=O)O. The summed E-state index contributed by atoms with van der Waals surface area (Å²) in [6.07, 6.45) is -1.51. The summed E-state index contributed by atoms with van der Waals surface area (Å²) in [5, 5.41) is 19.7. The van der Waals surface area contributed by atoms with Gasteiger partial charge in [-0.05, 0) is 72.8 Å². The maximum Gasteiger partial charge on any atom is 0.408 e. The van der Waals surface area contributed by atoms with Crippen molar-refractivity contribution in [1.82, 2.24) is 21.3 Å². The first-order valence-electron chi connectivity index (χ1n) is 13.5. The Hall–Kier alpha value is -4.03. The van der Waals surface area contributed by atoms with E-state index in [1.807, 2.05) is 6.07 Å². The molecule has 230 valence electrons. The molecule has 1 aromatic carbocycles. The number of benzene rings is 1. The Balaban J connectivity index is 2.72. The van der Waals surface area contributed by atoms with Gasteiger partial charge in [-0.2, -0.15) is 0 Å². The van der Waals surface area contributed by atoms with Crippen molar-refractivity contribution in [2.75, 3.05) is 13.1 Å². The minimum Gasteiger partial charge on any atom is -0.480 e. The summed E-state index contributed by atoms with van der Waals surface area (Å²) in [4.78, 5) is 61.0. The van der Waals surface area contributed by atoms with E-state index in [2.05, 4.69) is 21.3 Å². The van der Waals surface area contributed by atoms with Crippen LogP contribution >= 0.6 is 0 Å². The number of hydrogen-bond acceptors (Lipinski definition) is 8. The van der Waals surface area contributed by atoms with Crippen molar-refractivity contribution in [1.29, 1.82) is 0 Å². The summed E-state index contributed by atoms with van der Waals surface area (Å²) >= 11 is 0. The maximum absolute atomic E-state index is 13.0. The van der Waals surface area contributed by atoms with Crippen LogP contribution in [-0.2, 0) is 30.4 Å². The van der Waals surface area contributed by atoms with Crippen LogP contribution in [0.4, 0.5) is 14.4 Å². The number of aliphatic carboxylic acids is 1. The predicted molar refractivity (Wildman–Crippen MR) is 150 cm³/mol. The molecule has 0 saturated carbocycles. The van der Waals surface area contributed by atoms with E-state index in [0.717, 1.165) is 5.56 Å². The highest BCUT2D eigenvalue weighted by Crippen LogP contribution is 2.09. The second-order valence-electron chi connectivity index (χ2n) is 11.3. The van der Waals surface area contributed by atoms with E-state index in [1.165, 1.54) is 0 Å². The number of carbonyl (C=O) groups is 5. The third-order valence-corrected chi connectivity index (χ3v) is 5.11. The fraction of sp³-hybridized carbons (Fsp3) is 0.607. The topological polar surface area (TPSA) is 181 Å². The molecule has 0 aliphatic carbocycles. The van der Waals surface area contributed by atoms with Crippen LogP contribution in [0.5, 0.6) is 0 Å². The van der Waals surface area contributed by atoms with E-state index >= 15 is 0 Å². The molecule has 0 spiro atoms. The molecule has 1 aromatic rings. The van der Waals surface area contributed by atoms with Crippen LogP contribution < -0.4 is 21.3 Å². The zero-order valence-corrected chi connectivity index (χ0v) is 24.7. The van der Waals surface area contributed by atoms with Crippen LogP contribution in [0, 0.1) is 0 Å². The van der Waals surface area contributed by atoms with Gasteiger partial charge in [-0.15, -0.1) is 0 Å². The average molecular weight is 581 g/mol. The van der Waals surface area contributed by atoms with E-state index in [0.29, 0.717) is 0 Å². The van der Waals surface area contributed by atoms with E-state index in [4.69, 9.17) is 14.2 Å². The smallest absolute Gasteiger partial charge is 0.408 e. The number of alkyl carbamates (subject to hydrolysis) is 3. The van der Waals surface area contributed by atoms with E-state index in [9.17, 15) is 29.1 Å². The molecule has 4 amide bonds. The molecule has 0 fully saturated rings. The van der Waals surface area contributed by atoms with Gasteiger partial charge in [0.2, 0.25) is 5.91 Å². The molecule has 5 N–H and O–H groups in total. The Kier molecular flexibility index (Phi) is 14.5. The monoisotopic (exact) mass is 580 g/mol. The zero-order valence-electron chi connectivity index (χ0n) is 24.7. The molecule has 0 saturated heterocycles. The molecular formula is C28H44N4O9. The van der Waals surface area contributed by atoms with Crippen LogP contribution in [0.15, 0.2) is 30.3 Å². The Labute approximate surface area is 241 Å². The molecule has 13 nitrogen and oxygen atoms in total. The molecule has 1 rings (SSSR count). The number of rotatable bonds is 14. The number of carbonyl (C=O) groups excluding carboxylic acids is 4. The molecule has 13 heteroatoms. The molecule has 0 aliphatic rings. The highest BCUT2D eigenvalue weighted by molar-refractivity contribution is 5.89. The molecule has 0 unspecified atom stereocenters. The van der Waals surface area contributed by atoms with Gasteiger partial charge in [0.25, 0.3) is 0 Å². The van der Waals surface area contributed by atoms with Crippen LogP contribution in [0.1, 0.15) is 72.8 Å². The molecule has 0 heterocycles. The molecule has 0 radical (unpaired) electrons. The van der Waals surface area contributed by atoms with Gasteiger partial charge < -0.3 is 40.6 Å². The summed E-state index contributed by atoms with van der Waals surface area (Å²) in [6.45, 7) is 10.6. The van der Waals surface area contributed by atoms with E-state index in [-0.39, 0.29) is 45.4 Å². The highest BCUT2D eigenvalue weighted by atomic mass is 16.6. The average Bonchev–Trinajstić information content (AvgIpc) is 2.84. The van der Waals surface area contributed by atoms with Crippen molar-refractivity contribution in [3.05, 3.63) is 35.9 Å². The Morgan fingerprint density at radius 3 is 1.68 bits per heavy atom. The quantitative estimate of drug-likeness (QED) is 0.163. The summed E-state index contributed by atoms with van der Waals surface area (Å²) in [7, 11) is 0. The van der Waals surface area contributed by atoms with Gasteiger partial charge in [-0.3, -0.25) is 4.79 Å². The molecule has 0 aliphatic heterocycles. The molecular weight excluding hydrogens is 536 g/mol. The summed E-state index contributed by atoms with van der Waals surface area (Å²) in [5.41, 5.74) is -0.602. The lowest BCUT2D eigenvalue weighted by Crippen LogP contribution is -2.52. The van der Waals surface area contributed by atoms with Gasteiger partial charge in [0.05, 0.1) is 0 Å². The number of hydrogen-bond donors (Lipinski definition) is 5.